The third-order valence-electron chi connectivity index (χ3n) is 2.21. The van der Waals surface area contributed by atoms with E-state index in [-0.39, 0.29) is 18.3 Å². The van der Waals surface area contributed by atoms with Crippen molar-refractivity contribution in [3.05, 3.63) is 0 Å². The first-order valence-electron chi connectivity index (χ1n) is 4.29. The largest absolute Gasteiger partial charge is 0.340 e. The second-order valence-electron chi connectivity index (χ2n) is 2.92. The number of amides is 1. The normalized spacial score (nSPS) is 23.7. The third kappa shape index (κ3) is 2.64. The molecule has 1 fully saturated rings. The minimum atomic E-state index is 0. The van der Waals surface area contributed by atoms with Crippen molar-refractivity contribution in [2.45, 2.75) is 26.3 Å². The quantitative estimate of drug-likeness (QED) is 0.697. The zero-order chi connectivity index (χ0) is 8.27. The Labute approximate surface area is 79.9 Å². The Morgan fingerprint density at radius 2 is 2.25 bits per heavy atom. The number of piperazine rings is 1. The summed E-state index contributed by atoms with van der Waals surface area (Å²) >= 11 is 0. The predicted molar refractivity (Wildman–Crippen MR) is 51.6 cm³/mol. The minimum Gasteiger partial charge on any atom is -0.340 e. The van der Waals surface area contributed by atoms with Gasteiger partial charge in [0.25, 0.3) is 0 Å². The fourth-order valence-electron chi connectivity index (χ4n) is 1.35. The van der Waals surface area contributed by atoms with Gasteiger partial charge in [-0.15, -0.1) is 12.4 Å². The predicted octanol–water partition coefficient (Wildman–Crippen LogP) is 0.638. The van der Waals surface area contributed by atoms with Gasteiger partial charge in [0, 0.05) is 19.1 Å². The van der Waals surface area contributed by atoms with Crippen LogP contribution < -0.4 is 5.32 Å². The van der Waals surface area contributed by atoms with Gasteiger partial charge in [-0.25, -0.2) is 0 Å². The standard InChI is InChI=1S/C8H16N2O.ClH/c1-3-7-6-10(4-2)8(11)5-9-7;/h7,9H,3-6H2,1-2H3;1H/t7-;/m0./s1. The number of nitrogens with one attached hydrogen (secondary N) is 1. The molecule has 0 aliphatic carbocycles. The highest BCUT2D eigenvalue weighted by molar-refractivity contribution is 5.85. The van der Waals surface area contributed by atoms with Gasteiger partial charge in [-0.05, 0) is 13.3 Å². The number of hydrogen-bond acceptors (Lipinski definition) is 2. The molecule has 1 heterocycles. The van der Waals surface area contributed by atoms with E-state index >= 15 is 0 Å². The zero-order valence-corrected chi connectivity index (χ0v) is 8.49. The van der Waals surface area contributed by atoms with Crippen molar-refractivity contribution in [1.82, 2.24) is 10.2 Å². The lowest BCUT2D eigenvalue weighted by Gasteiger charge is -2.32. The van der Waals surface area contributed by atoms with E-state index in [4.69, 9.17) is 0 Å². The summed E-state index contributed by atoms with van der Waals surface area (Å²) in [6.07, 6.45) is 1.10. The minimum absolute atomic E-state index is 0. The zero-order valence-electron chi connectivity index (χ0n) is 7.67. The van der Waals surface area contributed by atoms with Crippen LogP contribution >= 0.6 is 12.4 Å². The van der Waals surface area contributed by atoms with Gasteiger partial charge in [0.2, 0.25) is 5.91 Å². The molecule has 12 heavy (non-hydrogen) atoms. The molecule has 0 aromatic rings. The van der Waals surface area contributed by atoms with Crippen molar-refractivity contribution in [2.24, 2.45) is 0 Å². The van der Waals surface area contributed by atoms with Crippen molar-refractivity contribution in [1.29, 1.82) is 0 Å². The molecule has 1 aliphatic rings. The number of rotatable bonds is 2. The molecular weight excluding hydrogens is 176 g/mol. The Balaban J connectivity index is 0.00000121. The van der Waals surface area contributed by atoms with Crippen LogP contribution in [-0.4, -0.2) is 36.5 Å². The van der Waals surface area contributed by atoms with Crippen molar-refractivity contribution in [3.8, 4) is 0 Å². The summed E-state index contributed by atoms with van der Waals surface area (Å²) < 4.78 is 0. The number of carbonyl (C=O) groups is 1. The van der Waals surface area contributed by atoms with Gasteiger partial charge in [0.15, 0.2) is 0 Å². The molecule has 1 saturated heterocycles. The Hall–Kier alpha value is -0.280. The summed E-state index contributed by atoms with van der Waals surface area (Å²) in [7, 11) is 0. The smallest absolute Gasteiger partial charge is 0.236 e. The van der Waals surface area contributed by atoms with E-state index in [1.54, 1.807) is 0 Å². The Bertz CT molecular complexity index is 152. The average Bonchev–Trinajstić information content (AvgIpc) is 2.05. The molecule has 3 nitrogen and oxygen atoms in total. The summed E-state index contributed by atoms with van der Waals surface area (Å²) in [5.74, 6) is 0.234. The number of halogens is 1. The highest BCUT2D eigenvalue weighted by atomic mass is 35.5. The van der Waals surface area contributed by atoms with Crippen molar-refractivity contribution >= 4 is 18.3 Å². The maximum atomic E-state index is 11.2. The van der Waals surface area contributed by atoms with E-state index in [2.05, 4.69) is 12.2 Å². The van der Waals surface area contributed by atoms with Gasteiger partial charge in [0.1, 0.15) is 0 Å². The van der Waals surface area contributed by atoms with Crippen LogP contribution in [0.4, 0.5) is 0 Å². The fraction of sp³-hybridized carbons (Fsp3) is 0.875. The second kappa shape index (κ2) is 5.38. The van der Waals surface area contributed by atoms with Crippen molar-refractivity contribution in [3.63, 3.8) is 0 Å². The maximum Gasteiger partial charge on any atom is 0.236 e. The second-order valence-corrected chi connectivity index (χ2v) is 2.92. The highest BCUT2D eigenvalue weighted by Gasteiger charge is 2.21. The summed E-state index contributed by atoms with van der Waals surface area (Å²) in [5.41, 5.74) is 0. The van der Waals surface area contributed by atoms with Crippen molar-refractivity contribution in [2.75, 3.05) is 19.6 Å². The van der Waals surface area contributed by atoms with E-state index in [9.17, 15) is 4.79 Å². The molecule has 0 aromatic heterocycles. The molecule has 1 rings (SSSR count). The topological polar surface area (TPSA) is 32.3 Å². The first-order valence-corrected chi connectivity index (χ1v) is 4.29. The van der Waals surface area contributed by atoms with Crippen LogP contribution in [0.25, 0.3) is 0 Å². The monoisotopic (exact) mass is 192 g/mol. The van der Waals surface area contributed by atoms with Gasteiger partial charge in [0.05, 0.1) is 6.54 Å². The molecule has 0 radical (unpaired) electrons. The third-order valence-corrected chi connectivity index (χ3v) is 2.21. The van der Waals surface area contributed by atoms with Crippen LogP contribution in [0.15, 0.2) is 0 Å². The van der Waals surface area contributed by atoms with E-state index in [0.29, 0.717) is 12.6 Å². The highest BCUT2D eigenvalue weighted by Crippen LogP contribution is 2.02. The average molecular weight is 193 g/mol. The lowest BCUT2D eigenvalue weighted by atomic mass is 10.1. The summed E-state index contributed by atoms with van der Waals surface area (Å²) in [4.78, 5) is 13.1. The summed E-state index contributed by atoms with van der Waals surface area (Å²) in [6.45, 7) is 6.41. The molecule has 1 amide bonds. The number of likely N-dealkylation sites (N-methyl/N-ethyl adjacent to an activating group) is 1. The van der Waals surface area contributed by atoms with Crippen LogP contribution in [0.5, 0.6) is 0 Å². The summed E-state index contributed by atoms with van der Waals surface area (Å²) in [6, 6.07) is 0.507. The molecule has 1 atom stereocenters. The Morgan fingerprint density at radius 3 is 2.75 bits per heavy atom. The molecule has 0 saturated carbocycles. The number of carbonyl (C=O) groups excluding carboxylic acids is 1. The molecule has 1 N–H and O–H groups in total. The van der Waals surface area contributed by atoms with Crippen molar-refractivity contribution < 1.29 is 4.79 Å². The van der Waals surface area contributed by atoms with E-state index < -0.39 is 0 Å². The fourth-order valence-corrected chi connectivity index (χ4v) is 1.35. The van der Waals surface area contributed by atoms with Crippen LogP contribution in [0.1, 0.15) is 20.3 Å². The van der Waals surface area contributed by atoms with Crippen LogP contribution in [0.3, 0.4) is 0 Å². The van der Waals surface area contributed by atoms with Gasteiger partial charge >= 0.3 is 0 Å². The molecule has 1 aliphatic heterocycles. The molecule has 0 bridgehead atoms. The van der Waals surface area contributed by atoms with Gasteiger partial charge in [-0.1, -0.05) is 6.92 Å². The maximum absolute atomic E-state index is 11.2. The van der Waals surface area contributed by atoms with Gasteiger partial charge < -0.3 is 10.2 Å². The lowest BCUT2D eigenvalue weighted by Crippen LogP contribution is -2.53. The van der Waals surface area contributed by atoms with Crippen LogP contribution in [0.2, 0.25) is 0 Å². The number of nitrogens with zero attached hydrogens (tertiary/aromatic N) is 1. The number of hydrogen-bond donors (Lipinski definition) is 1. The van der Waals surface area contributed by atoms with Gasteiger partial charge in [-0.2, -0.15) is 0 Å². The Kier molecular flexibility index (Phi) is 5.25. The SMILES string of the molecule is CC[C@H]1CN(CC)C(=O)CN1.Cl. The molecule has 0 unspecified atom stereocenters. The van der Waals surface area contributed by atoms with Gasteiger partial charge in [-0.3, -0.25) is 4.79 Å². The molecule has 0 aromatic carbocycles. The van der Waals surface area contributed by atoms with E-state index in [1.807, 2.05) is 11.8 Å². The van der Waals surface area contributed by atoms with E-state index in [0.717, 1.165) is 19.5 Å². The molecule has 0 spiro atoms. The molecule has 4 heteroatoms. The van der Waals surface area contributed by atoms with Crippen LogP contribution in [0, 0.1) is 0 Å². The van der Waals surface area contributed by atoms with Crippen LogP contribution in [-0.2, 0) is 4.79 Å². The molecule has 72 valence electrons. The Morgan fingerprint density at radius 1 is 1.58 bits per heavy atom. The lowest BCUT2D eigenvalue weighted by molar-refractivity contribution is -0.132. The first kappa shape index (κ1) is 11.7. The first-order chi connectivity index (χ1) is 5.27. The summed E-state index contributed by atoms with van der Waals surface area (Å²) in [5, 5.41) is 3.19. The molecular formula is C8H17ClN2O. The van der Waals surface area contributed by atoms with E-state index in [1.165, 1.54) is 0 Å².